The summed E-state index contributed by atoms with van der Waals surface area (Å²) in [4.78, 5) is 16.1. The molecule has 90 valence electrons. The van der Waals surface area contributed by atoms with Crippen LogP contribution in [-0.4, -0.2) is 16.5 Å². The van der Waals surface area contributed by atoms with Gasteiger partial charge in [0, 0.05) is 0 Å². The first-order valence-corrected chi connectivity index (χ1v) is 6.12. The van der Waals surface area contributed by atoms with Crippen LogP contribution in [0.2, 0.25) is 0 Å². The summed E-state index contributed by atoms with van der Waals surface area (Å²) >= 11 is 0. The van der Waals surface area contributed by atoms with E-state index in [0.29, 0.717) is 28.9 Å². The van der Waals surface area contributed by atoms with Crippen LogP contribution in [0, 0.1) is 0 Å². The first-order valence-electron chi connectivity index (χ1n) is 5.31. The Labute approximate surface area is 104 Å². The van der Waals surface area contributed by atoms with Crippen LogP contribution in [0.4, 0.5) is 0 Å². The average molecular weight is 248 g/mol. The molecule has 4 heteroatoms. The van der Waals surface area contributed by atoms with E-state index in [1.165, 1.54) is 0 Å². The molecule has 0 aliphatic heterocycles. The Hall–Kier alpha value is -1.65. The molecule has 0 unspecified atom stereocenters. The first-order chi connectivity index (χ1) is 8.21. The van der Waals surface area contributed by atoms with Gasteiger partial charge in [-0.15, -0.1) is 13.2 Å². The van der Waals surface area contributed by atoms with E-state index < -0.39 is 5.97 Å². The lowest BCUT2D eigenvalue weighted by atomic mass is 10.0. The molecule has 0 saturated heterocycles. The monoisotopic (exact) mass is 248 g/mol. The maximum atomic E-state index is 11.6. The van der Waals surface area contributed by atoms with Crippen LogP contribution in [0.1, 0.15) is 21.5 Å². The molecule has 17 heavy (non-hydrogen) atoms. The zero-order chi connectivity index (χ0) is 12.7. The number of benzene rings is 1. The van der Waals surface area contributed by atoms with Gasteiger partial charge in [0.25, 0.3) is 0 Å². The molecular formula is C13H16O3Si. The molecule has 0 bridgehead atoms. The molecule has 3 nitrogen and oxygen atoms in total. The van der Waals surface area contributed by atoms with E-state index >= 15 is 0 Å². The Kier molecular flexibility index (Phi) is 5.39. The maximum absolute atomic E-state index is 11.6. The van der Waals surface area contributed by atoms with Crippen LogP contribution >= 0.6 is 0 Å². The van der Waals surface area contributed by atoms with Crippen molar-refractivity contribution in [2.75, 3.05) is 0 Å². The minimum absolute atomic E-state index is 0.362. The summed E-state index contributed by atoms with van der Waals surface area (Å²) < 4.78 is 4.51. The quantitative estimate of drug-likeness (QED) is 0.331. The molecule has 0 aliphatic carbocycles. The fourth-order valence-corrected chi connectivity index (χ4v) is 1.72. The van der Waals surface area contributed by atoms with Crippen molar-refractivity contribution in [1.29, 1.82) is 0 Å². The van der Waals surface area contributed by atoms with Crippen LogP contribution in [-0.2, 0) is 22.3 Å². The zero-order valence-corrected chi connectivity index (χ0v) is 11.9. The van der Waals surface area contributed by atoms with Gasteiger partial charge in [0.15, 0.2) is 0 Å². The summed E-state index contributed by atoms with van der Waals surface area (Å²) in [5.74, 6) is -0.462. The third-order valence-corrected chi connectivity index (χ3v) is 2.37. The fourth-order valence-electron chi connectivity index (χ4n) is 1.57. The SMILES string of the molecule is C=CCc1cc(CC=C)cc(C(=O)OO[SiH3])c1. The van der Waals surface area contributed by atoms with Gasteiger partial charge in [-0.05, 0) is 36.1 Å². The van der Waals surface area contributed by atoms with Crippen molar-refractivity contribution >= 4 is 16.5 Å². The van der Waals surface area contributed by atoms with Gasteiger partial charge in [-0.1, -0.05) is 18.2 Å². The molecule has 0 aromatic heterocycles. The molecule has 0 amide bonds. The van der Waals surface area contributed by atoms with E-state index in [0.717, 1.165) is 11.1 Å². The number of allylic oxidation sites excluding steroid dienone is 2. The molecule has 0 N–H and O–H groups in total. The molecule has 0 saturated carbocycles. The predicted molar refractivity (Wildman–Crippen MR) is 70.7 cm³/mol. The van der Waals surface area contributed by atoms with Crippen LogP contribution in [0.15, 0.2) is 43.5 Å². The largest absolute Gasteiger partial charge is 0.371 e. The summed E-state index contributed by atoms with van der Waals surface area (Å²) in [5, 5.41) is 0. The summed E-state index contributed by atoms with van der Waals surface area (Å²) in [5.41, 5.74) is 2.55. The average Bonchev–Trinajstić information content (AvgIpc) is 2.30. The third kappa shape index (κ3) is 4.01. The summed E-state index contributed by atoms with van der Waals surface area (Å²) in [6.45, 7) is 7.37. The van der Waals surface area contributed by atoms with E-state index in [1.54, 1.807) is 24.3 Å². The Bertz CT molecular complexity index is 398. The van der Waals surface area contributed by atoms with Crippen LogP contribution in [0.5, 0.6) is 0 Å². The molecule has 0 aliphatic rings. The Balaban J connectivity index is 3.06. The molecule has 0 fully saturated rings. The number of rotatable bonds is 6. The lowest BCUT2D eigenvalue weighted by Crippen LogP contribution is -2.06. The van der Waals surface area contributed by atoms with Crippen LogP contribution in [0.3, 0.4) is 0 Å². The normalized spacial score (nSPS) is 9.88. The van der Waals surface area contributed by atoms with Gasteiger partial charge >= 0.3 is 5.97 Å². The van der Waals surface area contributed by atoms with Gasteiger partial charge in [-0.2, -0.15) is 0 Å². The lowest BCUT2D eigenvalue weighted by molar-refractivity contribution is -0.145. The van der Waals surface area contributed by atoms with Gasteiger partial charge in [0.2, 0.25) is 10.5 Å². The second-order valence-electron chi connectivity index (χ2n) is 3.56. The second-order valence-corrected chi connectivity index (χ2v) is 3.89. The maximum Gasteiger partial charge on any atom is 0.371 e. The summed E-state index contributed by atoms with van der Waals surface area (Å²) in [6.07, 6.45) is 5.02. The topological polar surface area (TPSA) is 35.5 Å². The Morgan fingerprint density at radius 1 is 1.18 bits per heavy atom. The standard InChI is InChI=1S/C13H16O3Si/c1-3-5-10-7-11(6-4-2)9-12(8-10)13(14)15-16-17/h3-4,7-9H,1-2,5-6H2,17H3. The molecule has 1 rings (SSSR count). The van der Waals surface area contributed by atoms with Crippen LogP contribution < -0.4 is 0 Å². The van der Waals surface area contributed by atoms with Gasteiger partial charge in [-0.25, -0.2) is 4.79 Å². The number of carbonyl (C=O) groups is 1. The highest BCUT2D eigenvalue weighted by molar-refractivity contribution is 5.98. The van der Waals surface area contributed by atoms with Crippen LogP contribution in [0.25, 0.3) is 0 Å². The molecule has 0 atom stereocenters. The van der Waals surface area contributed by atoms with Gasteiger partial charge in [0.1, 0.15) is 0 Å². The smallest absolute Gasteiger partial charge is 0.306 e. The highest BCUT2D eigenvalue weighted by Crippen LogP contribution is 2.13. The van der Waals surface area contributed by atoms with Gasteiger partial charge < -0.3 is 4.89 Å². The van der Waals surface area contributed by atoms with E-state index in [-0.39, 0.29) is 0 Å². The van der Waals surface area contributed by atoms with Crippen molar-refractivity contribution in [1.82, 2.24) is 0 Å². The summed E-state index contributed by atoms with van der Waals surface area (Å²) in [7, 11) is 0.362. The van der Waals surface area contributed by atoms with E-state index in [9.17, 15) is 4.79 Å². The third-order valence-electron chi connectivity index (χ3n) is 2.21. The van der Waals surface area contributed by atoms with Crippen molar-refractivity contribution in [2.45, 2.75) is 12.8 Å². The molecule has 0 heterocycles. The zero-order valence-electron chi connectivity index (χ0n) is 9.94. The fraction of sp³-hybridized carbons (Fsp3) is 0.154. The Morgan fingerprint density at radius 2 is 1.71 bits per heavy atom. The van der Waals surface area contributed by atoms with Crippen molar-refractivity contribution in [3.8, 4) is 0 Å². The Morgan fingerprint density at radius 3 is 2.12 bits per heavy atom. The van der Waals surface area contributed by atoms with E-state index in [4.69, 9.17) is 0 Å². The molecule has 0 radical (unpaired) electrons. The predicted octanol–water partition coefficient (Wildman–Crippen LogP) is 1.51. The first kappa shape index (κ1) is 13.4. The number of hydrogen-bond donors (Lipinski definition) is 0. The molecule has 0 spiro atoms. The van der Waals surface area contributed by atoms with Crippen molar-refractivity contribution in [3.05, 3.63) is 60.2 Å². The van der Waals surface area contributed by atoms with Crippen molar-refractivity contribution < 1.29 is 14.3 Å². The number of hydrogen-bond acceptors (Lipinski definition) is 3. The second kappa shape index (κ2) is 6.83. The van der Waals surface area contributed by atoms with E-state index in [1.807, 2.05) is 6.07 Å². The van der Waals surface area contributed by atoms with Crippen molar-refractivity contribution in [3.63, 3.8) is 0 Å². The van der Waals surface area contributed by atoms with E-state index in [2.05, 4.69) is 22.6 Å². The lowest BCUT2D eigenvalue weighted by Gasteiger charge is -2.06. The minimum atomic E-state index is -0.462. The van der Waals surface area contributed by atoms with Crippen molar-refractivity contribution in [2.24, 2.45) is 0 Å². The minimum Gasteiger partial charge on any atom is -0.306 e. The highest BCUT2D eigenvalue weighted by atomic mass is 28.2. The number of carbonyl (C=O) groups excluding carboxylic acids is 1. The molecule has 1 aromatic carbocycles. The van der Waals surface area contributed by atoms with Gasteiger partial charge in [0.05, 0.1) is 5.56 Å². The summed E-state index contributed by atoms with van der Waals surface area (Å²) in [6, 6.07) is 5.61. The molecule has 1 aromatic rings. The molecular weight excluding hydrogens is 232 g/mol. The van der Waals surface area contributed by atoms with Gasteiger partial charge in [-0.3, -0.25) is 4.58 Å². The highest BCUT2D eigenvalue weighted by Gasteiger charge is 2.09.